The number of hydrogen-bond acceptors (Lipinski definition) is 7. The number of hydrazine groups is 1. The van der Waals surface area contributed by atoms with Crippen LogP contribution in [-0.4, -0.2) is 60.5 Å². The van der Waals surface area contributed by atoms with Crippen molar-refractivity contribution in [3.63, 3.8) is 0 Å². The fourth-order valence-corrected chi connectivity index (χ4v) is 4.72. The number of thioether (sulfide) groups is 1. The Morgan fingerprint density at radius 1 is 1.54 bits per heavy atom. The van der Waals surface area contributed by atoms with Crippen LogP contribution in [0.25, 0.3) is 0 Å². The Morgan fingerprint density at radius 2 is 2.25 bits per heavy atom. The normalized spacial score (nSPS) is 22.5. The van der Waals surface area contributed by atoms with Gasteiger partial charge in [-0.25, -0.2) is 9.80 Å². The van der Waals surface area contributed by atoms with Gasteiger partial charge in [0.2, 0.25) is 0 Å². The number of benzene rings is 1. The van der Waals surface area contributed by atoms with Crippen molar-refractivity contribution in [3.05, 3.63) is 28.8 Å². The van der Waals surface area contributed by atoms with Crippen LogP contribution in [0.15, 0.2) is 12.1 Å². The number of rotatable bonds is 5. The van der Waals surface area contributed by atoms with Crippen LogP contribution in [0, 0.1) is 6.92 Å². The number of carboxylic acids is 1. The van der Waals surface area contributed by atoms with E-state index in [1.807, 2.05) is 6.07 Å². The van der Waals surface area contributed by atoms with E-state index < -0.39 is 24.4 Å². The maximum Gasteiger partial charge on any atom is 0.536 e. The molecule has 0 radical (unpaired) electrons. The van der Waals surface area contributed by atoms with E-state index in [1.54, 1.807) is 18.0 Å². The summed E-state index contributed by atoms with van der Waals surface area (Å²) in [7, 11) is -1.10. The van der Waals surface area contributed by atoms with E-state index >= 15 is 0 Å². The number of nitrogens with one attached hydrogen (secondary N) is 1. The van der Waals surface area contributed by atoms with Gasteiger partial charge in [0.1, 0.15) is 11.3 Å². The topological polar surface area (TPSA) is 122 Å². The molecule has 2 heterocycles. The highest BCUT2D eigenvalue weighted by Crippen LogP contribution is 2.37. The van der Waals surface area contributed by atoms with Crippen LogP contribution in [0.2, 0.25) is 0 Å². The lowest BCUT2D eigenvalue weighted by atomic mass is 9.77. The molecule has 2 atom stereocenters. The van der Waals surface area contributed by atoms with Gasteiger partial charge in [0.05, 0.1) is 5.15 Å². The molecule has 8 nitrogen and oxygen atoms in total. The van der Waals surface area contributed by atoms with Crippen LogP contribution in [0.4, 0.5) is 0 Å². The lowest BCUT2D eigenvalue weighted by Gasteiger charge is -2.41. The molecule has 1 aromatic rings. The van der Waals surface area contributed by atoms with E-state index in [1.165, 1.54) is 11.8 Å². The molecule has 0 spiro atoms. The van der Waals surface area contributed by atoms with Gasteiger partial charge in [-0.2, -0.15) is 16.6 Å². The largest absolute Gasteiger partial charge is 0.759 e. The summed E-state index contributed by atoms with van der Waals surface area (Å²) in [5.41, 5.74) is 1.44. The summed E-state index contributed by atoms with van der Waals surface area (Å²) in [6.07, 6.45) is 0.499. The summed E-state index contributed by atoms with van der Waals surface area (Å²) in [5.74, 6) is -0.834. The molecular weight excluding hydrogens is 355 g/mol. The highest BCUT2D eigenvalue weighted by Gasteiger charge is 2.41. The molecule has 0 aliphatic carbocycles. The fourth-order valence-electron chi connectivity index (χ4n) is 2.87. The first-order chi connectivity index (χ1) is 11.3. The van der Waals surface area contributed by atoms with Crippen molar-refractivity contribution in [1.82, 2.24) is 9.84 Å². The first kappa shape index (κ1) is 17.7. The molecule has 2 aliphatic rings. The molecule has 1 aromatic carbocycles. The number of nitrogens with zero attached hydrogens (tertiary/aromatic N) is 1. The van der Waals surface area contributed by atoms with Gasteiger partial charge in [0.25, 0.3) is 0 Å². The van der Waals surface area contributed by atoms with Gasteiger partial charge in [0.15, 0.2) is 0 Å². The van der Waals surface area contributed by atoms with Gasteiger partial charge in [0, 0.05) is 29.6 Å². The molecule has 0 saturated carbocycles. The molecule has 0 amide bonds. The number of carbonyl (C=O) groups is 1. The Bertz CT molecular complexity index is 685. The minimum absolute atomic E-state index is 0.0898. The monoisotopic (exact) mass is 371 g/mol. The highest BCUT2D eigenvalue weighted by molar-refractivity contribution is 8.02. The van der Waals surface area contributed by atoms with Gasteiger partial charge in [-0.3, -0.25) is 4.21 Å². The molecule has 0 bridgehead atoms. The molecular formula is C13H16BN2O6S2-. The quantitative estimate of drug-likeness (QED) is 0.478. The molecule has 1 unspecified atom stereocenters. The third-order valence-electron chi connectivity index (χ3n) is 4.06. The minimum Gasteiger partial charge on any atom is -0.759 e. The zero-order chi connectivity index (χ0) is 17.4. The van der Waals surface area contributed by atoms with Crippen molar-refractivity contribution in [2.75, 3.05) is 13.1 Å². The minimum atomic E-state index is -2.33. The van der Waals surface area contributed by atoms with Crippen molar-refractivity contribution in [1.29, 1.82) is 0 Å². The fraction of sp³-hybridized carbons (Fsp3) is 0.462. The molecule has 3 N–H and O–H groups in total. The maximum atomic E-state index is 11.4. The molecule has 24 heavy (non-hydrogen) atoms. The van der Waals surface area contributed by atoms with Crippen LogP contribution in [0.5, 0.6) is 5.75 Å². The summed E-state index contributed by atoms with van der Waals surface area (Å²) in [4.78, 5) is 13.7. The lowest BCUT2D eigenvalue weighted by Crippen LogP contribution is -2.57. The van der Waals surface area contributed by atoms with Crippen molar-refractivity contribution < 1.29 is 28.3 Å². The molecule has 3 rings (SSSR count). The van der Waals surface area contributed by atoms with Crippen LogP contribution >= 0.6 is 11.8 Å². The predicted octanol–water partition coefficient (Wildman–Crippen LogP) is -0.267. The first-order valence-corrected chi connectivity index (χ1v) is 9.33. The number of fused-ring (bicyclic) bond motifs is 1. The second kappa shape index (κ2) is 7.02. The van der Waals surface area contributed by atoms with Gasteiger partial charge in [-0.15, -0.1) is 0 Å². The van der Waals surface area contributed by atoms with E-state index in [-0.39, 0.29) is 21.7 Å². The average molecular weight is 371 g/mol. The zero-order valence-corrected chi connectivity index (χ0v) is 14.4. The molecule has 0 aromatic heterocycles. The molecule has 11 heteroatoms. The summed E-state index contributed by atoms with van der Waals surface area (Å²) >= 11 is -0.802. The summed E-state index contributed by atoms with van der Waals surface area (Å²) < 4.78 is 26.6. The number of carboxylic acid groups (broad SMARTS) is 1. The van der Waals surface area contributed by atoms with Crippen LogP contribution < -0.4 is 9.49 Å². The summed E-state index contributed by atoms with van der Waals surface area (Å²) in [6, 6.07) is 3.56. The van der Waals surface area contributed by atoms with E-state index in [0.29, 0.717) is 25.1 Å². The molecule has 2 aliphatic heterocycles. The third kappa shape index (κ3) is 3.61. The van der Waals surface area contributed by atoms with Crippen molar-refractivity contribution >= 4 is 36.1 Å². The Hall–Kier alpha value is -1.11. The summed E-state index contributed by atoms with van der Waals surface area (Å²) in [5, 5.41) is 21.1. The number of aromatic carboxylic acids is 1. The maximum absolute atomic E-state index is 11.4. The van der Waals surface area contributed by atoms with Crippen LogP contribution in [-0.2, 0) is 17.7 Å². The summed E-state index contributed by atoms with van der Waals surface area (Å²) in [6.45, 7) is 2.78. The molecule has 1 saturated heterocycles. The number of aryl methyl sites for hydroxylation is 1. The van der Waals surface area contributed by atoms with Gasteiger partial charge in [-0.1, -0.05) is 12.1 Å². The van der Waals surface area contributed by atoms with Gasteiger partial charge in [-0.05, 0) is 24.5 Å². The van der Waals surface area contributed by atoms with E-state index in [9.17, 15) is 23.7 Å². The second-order valence-electron chi connectivity index (χ2n) is 5.79. The van der Waals surface area contributed by atoms with Crippen molar-refractivity contribution in [3.8, 4) is 5.75 Å². The Balaban J connectivity index is 1.67. The predicted molar refractivity (Wildman–Crippen MR) is 89.2 cm³/mol. The molecule has 1 fully saturated rings. The van der Waals surface area contributed by atoms with Crippen LogP contribution in [0.1, 0.15) is 21.5 Å². The SMILES string of the molecule is Cc1ccc2c(c1C(=O)O)OB(O)[C@@H](SC1CN(NS(=O)[O-])C1)C2. The van der Waals surface area contributed by atoms with E-state index in [0.717, 1.165) is 5.56 Å². The standard InChI is InChI=1S/C13H17BN2O6S2/c1-7-2-3-8-4-10(14(19)22-12(8)11(7)13(17)18)23-9-5-16(6-9)15-24(20)21/h2-3,9-10,15,19H,4-6H2,1H3,(H,17,18)(H,20,21)/p-1/t10-/m0/s1. The highest BCUT2D eigenvalue weighted by atomic mass is 32.2. The zero-order valence-electron chi connectivity index (χ0n) is 12.8. The van der Waals surface area contributed by atoms with Crippen molar-refractivity contribution in [2.45, 2.75) is 23.7 Å². The Morgan fingerprint density at radius 3 is 2.88 bits per heavy atom. The lowest BCUT2D eigenvalue weighted by molar-refractivity contribution is 0.0693. The van der Waals surface area contributed by atoms with Crippen molar-refractivity contribution in [2.24, 2.45) is 0 Å². The average Bonchev–Trinajstić information content (AvgIpc) is 2.44. The first-order valence-electron chi connectivity index (χ1n) is 7.31. The Kier molecular flexibility index (Phi) is 5.18. The smallest absolute Gasteiger partial charge is 0.536 e. The number of hydrogen-bond donors (Lipinski definition) is 3. The Labute approximate surface area is 146 Å². The van der Waals surface area contributed by atoms with E-state index in [4.69, 9.17) is 4.65 Å². The van der Waals surface area contributed by atoms with Gasteiger partial charge >= 0.3 is 13.1 Å². The molecule has 130 valence electrons. The van der Waals surface area contributed by atoms with E-state index in [2.05, 4.69) is 4.83 Å². The third-order valence-corrected chi connectivity index (χ3v) is 5.90. The van der Waals surface area contributed by atoms with Gasteiger partial charge < -0.3 is 19.3 Å². The second-order valence-corrected chi connectivity index (χ2v) is 7.99. The van der Waals surface area contributed by atoms with Crippen LogP contribution in [0.3, 0.4) is 0 Å².